The molecule has 1 aromatic carbocycles. The van der Waals surface area contributed by atoms with Crippen molar-refractivity contribution in [3.8, 4) is 5.88 Å². The molecule has 4 aliphatic rings. The monoisotopic (exact) mass is 712 g/mol. The lowest BCUT2D eigenvalue weighted by Gasteiger charge is -2.32. The summed E-state index contributed by atoms with van der Waals surface area (Å²) in [6.45, 7) is 5.73. The van der Waals surface area contributed by atoms with Crippen molar-refractivity contribution in [3.63, 3.8) is 0 Å². The molecule has 1 aromatic heterocycles. The summed E-state index contributed by atoms with van der Waals surface area (Å²) in [4.78, 5) is 68.4. The summed E-state index contributed by atoms with van der Waals surface area (Å²) in [5.74, 6) is -2.79. The number of aryl methyl sites for hydroxylation is 1. The zero-order valence-corrected chi connectivity index (χ0v) is 29.1. The number of nitrogens with one attached hydrogen (secondary N) is 3. The highest BCUT2D eigenvalue weighted by atomic mass is 32.2. The van der Waals surface area contributed by atoms with Gasteiger partial charge in [0.1, 0.15) is 23.7 Å². The predicted molar refractivity (Wildman–Crippen MR) is 182 cm³/mol. The molecule has 16 heteroatoms. The van der Waals surface area contributed by atoms with Crippen molar-refractivity contribution in [3.05, 3.63) is 46.8 Å². The van der Waals surface area contributed by atoms with Gasteiger partial charge >= 0.3 is 6.09 Å². The van der Waals surface area contributed by atoms with Gasteiger partial charge in [0, 0.05) is 18.9 Å². The molecule has 6 rings (SSSR count). The Bertz CT molecular complexity index is 1890. The first-order chi connectivity index (χ1) is 23.7. The van der Waals surface area contributed by atoms with Gasteiger partial charge in [-0.15, -0.1) is 5.10 Å². The molecule has 2 aliphatic heterocycles. The number of rotatable bonds is 7. The van der Waals surface area contributed by atoms with Crippen LogP contribution >= 0.6 is 0 Å². The Labute approximate surface area is 289 Å². The quantitative estimate of drug-likeness (QED) is 0.307. The average molecular weight is 713 g/mol. The third kappa shape index (κ3) is 7.07. The predicted octanol–water partition coefficient (Wildman–Crippen LogP) is 1.90. The van der Waals surface area contributed by atoms with Gasteiger partial charge < -0.3 is 25.4 Å². The van der Waals surface area contributed by atoms with E-state index in [4.69, 9.17) is 4.74 Å². The summed E-state index contributed by atoms with van der Waals surface area (Å²) >= 11 is 0. The van der Waals surface area contributed by atoms with E-state index in [2.05, 4.69) is 20.5 Å². The zero-order chi connectivity index (χ0) is 36.0. The fraction of sp³-hybridized carbons (Fsp3) is 0.588. The lowest BCUT2D eigenvalue weighted by atomic mass is 9.88. The van der Waals surface area contributed by atoms with Crippen molar-refractivity contribution in [2.24, 2.45) is 17.8 Å². The van der Waals surface area contributed by atoms with Crippen LogP contribution in [0.15, 0.2) is 41.2 Å². The number of carbonyl (C=O) groups excluding carboxylic acids is 3. The van der Waals surface area contributed by atoms with Crippen molar-refractivity contribution in [2.45, 2.75) is 101 Å². The molecule has 50 heavy (non-hydrogen) atoms. The second kappa shape index (κ2) is 13.7. The largest absolute Gasteiger partial charge is 0.471 e. The molecule has 270 valence electrons. The standard InChI is InChI=1S/C34H44N6O9S/c1-4-40-30(42)25-12-8-7-11-24(25)29(37-40)49-22-16-26-28(41)36-34(32(44)38-50(47,48)23-13-14-23)17-21(34)10-6-5-9-19(2)15-20(3)27(35-33(45)46)31(43)39(26)18-22/h6-8,10-12,19-23,26-27,35H,4-5,9,13-18H2,1-3H3,(H,36,41)(H,38,44)(H,45,46)/b10-6-/t19-,20+,21?,22+,26-,27-,34?/m0/s1. The van der Waals surface area contributed by atoms with Crippen LogP contribution in [-0.2, 0) is 31.0 Å². The molecule has 4 amide bonds. The van der Waals surface area contributed by atoms with Crippen molar-refractivity contribution in [2.75, 3.05) is 6.54 Å². The maximum atomic E-state index is 14.3. The molecule has 2 aliphatic carbocycles. The molecule has 2 unspecified atom stereocenters. The highest BCUT2D eigenvalue weighted by Gasteiger charge is 2.62. The van der Waals surface area contributed by atoms with Crippen molar-refractivity contribution in [1.82, 2.24) is 30.0 Å². The Kier molecular flexibility index (Phi) is 9.68. The highest BCUT2D eigenvalue weighted by Crippen LogP contribution is 2.46. The smallest absolute Gasteiger partial charge is 0.405 e. The second-order valence-corrected chi connectivity index (χ2v) is 16.1. The number of carboxylic acid groups (broad SMARTS) is 1. The van der Waals surface area contributed by atoms with Crippen molar-refractivity contribution < 1.29 is 37.4 Å². The maximum Gasteiger partial charge on any atom is 0.405 e. The molecular formula is C34H44N6O9S. The van der Waals surface area contributed by atoms with Crippen LogP contribution in [0.2, 0.25) is 0 Å². The van der Waals surface area contributed by atoms with Crippen LogP contribution in [0.25, 0.3) is 10.8 Å². The van der Waals surface area contributed by atoms with E-state index >= 15 is 0 Å². The topological polar surface area (TPSA) is 206 Å². The lowest BCUT2D eigenvalue weighted by Crippen LogP contribution is -2.59. The molecule has 15 nitrogen and oxygen atoms in total. The van der Waals surface area contributed by atoms with Crippen LogP contribution in [0.4, 0.5) is 4.79 Å². The average Bonchev–Trinajstić information content (AvgIpc) is 3.99. The van der Waals surface area contributed by atoms with Gasteiger partial charge in [0.2, 0.25) is 27.7 Å². The van der Waals surface area contributed by atoms with E-state index in [-0.39, 0.29) is 43.3 Å². The minimum atomic E-state index is -3.91. The first-order valence-electron chi connectivity index (χ1n) is 17.2. The zero-order valence-electron chi connectivity index (χ0n) is 28.3. The minimum absolute atomic E-state index is 0.0397. The van der Waals surface area contributed by atoms with E-state index in [0.717, 1.165) is 6.42 Å². The van der Waals surface area contributed by atoms with Crippen LogP contribution in [0.3, 0.4) is 0 Å². The molecule has 2 aromatic rings. The lowest BCUT2D eigenvalue weighted by molar-refractivity contribution is -0.142. The Balaban J connectivity index is 1.36. The molecule has 3 heterocycles. The van der Waals surface area contributed by atoms with E-state index in [0.29, 0.717) is 36.5 Å². The molecule has 0 bridgehead atoms. The van der Waals surface area contributed by atoms with E-state index in [9.17, 15) is 37.5 Å². The summed E-state index contributed by atoms with van der Waals surface area (Å²) in [6.07, 6.45) is 4.49. The van der Waals surface area contributed by atoms with Crippen LogP contribution in [-0.4, -0.2) is 87.5 Å². The van der Waals surface area contributed by atoms with E-state index in [1.165, 1.54) is 9.58 Å². The molecule has 4 N–H and O–H groups in total. The van der Waals surface area contributed by atoms with E-state index in [1.807, 2.05) is 19.1 Å². The number of ether oxygens (including phenoxy) is 1. The molecule has 7 atom stereocenters. The molecule has 0 spiro atoms. The first-order valence-corrected chi connectivity index (χ1v) is 18.8. The van der Waals surface area contributed by atoms with E-state index in [1.54, 1.807) is 38.1 Å². The number of allylic oxidation sites excluding steroid dienone is 1. The van der Waals surface area contributed by atoms with Gasteiger partial charge in [0.15, 0.2) is 0 Å². The number of sulfonamides is 1. The van der Waals surface area contributed by atoms with Crippen LogP contribution < -0.4 is 25.7 Å². The molecule has 1 saturated heterocycles. The van der Waals surface area contributed by atoms with Gasteiger partial charge in [-0.2, -0.15) is 0 Å². The number of amides is 4. The van der Waals surface area contributed by atoms with E-state index < -0.39 is 74.7 Å². The Hall–Kier alpha value is -4.47. The van der Waals surface area contributed by atoms with Gasteiger partial charge in [-0.3, -0.25) is 23.9 Å². The number of fused-ring (bicyclic) bond motifs is 3. The van der Waals surface area contributed by atoms with Gasteiger partial charge in [-0.05, 0) is 69.4 Å². The summed E-state index contributed by atoms with van der Waals surface area (Å²) in [6, 6.07) is 4.44. The van der Waals surface area contributed by atoms with Crippen LogP contribution in [0.5, 0.6) is 5.88 Å². The Morgan fingerprint density at radius 2 is 1.82 bits per heavy atom. The highest BCUT2D eigenvalue weighted by molar-refractivity contribution is 7.91. The van der Waals surface area contributed by atoms with Crippen LogP contribution in [0.1, 0.15) is 65.7 Å². The normalized spacial score (nSPS) is 31.0. The van der Waals surface area contributed by atoms with Crippen molar-refractivity contribution >= 4 is 44.6 Å². The first kappa shape index (κ1) is 35.4. The number of carbonyl (C=O) groups is 4. The maximum absolute atomic E-state index is 14.3. The summed E-state index contributed by atoms with van der Waals surface area (Å²) < 4.78 is 35.3. The fourth-order valence-corrected chi connectivity index (χ4v) is 8.66. The number of nitrogens with zero attached hydrogens (tertiary/aromatic N) is 3. The van der Waals surface area contributed by atoms with Crippen molar-refractivity contribution in [1.29, 1.82) is 0 Å². The number of hydrogen-bond donors (Lipinski definition) is 4. The summed E-state index contributed by atoms with van der Waals surface area (Å²) in [7, 11) is -3.91. The number of aromatic nitrogens is 2. The number of benzene rings is 1. The fourth-order valence-electron chi connectivity index (χ4n) is 7.29. The molecular weight excluding hydrogens is 668 g/mol. The van der Waals surface area contributed by atoms with Crippen LogP contribution in [0, 0.1) is 17.8 Å². The third-order valence-corrected chi connectivity index (χ3v) is 12.1. The Morgan fingerprint density at radius 1 is 1.10 bits per heavy atom. The summed E-state index contributed by atoms with van der Waals surface area (Å²) in [5, 5.41) is 19.5. The van der Waals surface area contributed by atoms with Gasteiger partial charge in [0.25, 0.3) is 11.5 Å². The third-order valence-electron chi connectivity index (χ3n) is 10.3. The second-order valence-electron chi connectivity index (χ2n) is 14.2. The molecule has 3 fully saturated rings. The molecule has 2 saturated carbocycles. The van der Waals surface area contributed by atoms with Gasteiger partial charge in [-0.1, -0.05) is 38.1 Å². The summed E-state index contributed by atoms with van der Waals surface area (Å²) in [5.41, 5.74) is -1.84. The minimum Gasteiger partial charge on any atom is -0.471 e. The molecule has 0 radical (unpaired) electrons. The van der Waals surface area contributed by atoms with Gasteiger partial charge in [-0.25, -0.2) is 17.9 Å². The SMILES string of the molecule is CCn1nc(O[C@@H]2C[C@H]3C(=O)NC4(C(=O)NS(=O)(=O)C5CC5)CC4/C=C\CC[C@H](C)C[C@@H](C)[C@H](NC(=O)O)C(=O)N3C2)c2ccccc2c1=O. The number of hydrogen-bond acceptors (Lipinski definition) is 9. The van der Waals surface area contributed by atoms with Gasteiger partial charge in [0.05, 0.1) is 22.6 Å². The Morgan fingerprint density at radius 3 is 2.50 bits per heavy atom.